The smallest absolute Gasteiger partial charge is 0.0594 e. The Labute approximate surface area is 98.3 Å². The van der Waals surface area contributed by atoms with Gasteiger partial charge in [-0.1, -0.05) is 0 Å². The van der Waals surface area contributed by atoms with Gasteiger partial charge in [0.15, 0.2) is 0 Å². The lowest BCUT2D eigenvalue weighted by Gasteiger charge is -2.27. The molecule has 0 aromatic carbocycles. The summed E-state index contributed by atoms with van der Waals surface area (Å²) in [7, 11) is 0. The normalized spacial score (nSPS) is 28.1. The lowest BCUT2D eigenvalue weighted by Crippen LogP contribution is -2.39. The van der Waals surface area contributed by atoms with Crippen molar-refractivity contribution in [2.45, 2.75) is 12.8 Å². The van der Waals surface area contributed by atoms with E-state index < -0.39 is 0 Å². The van der Waals surface area contributed by atoms with E-state index in [1.807, 2.05) is 0 Å². The number of ether oxygens (including phenoxy) is 2. The van der Waals surface area contributed by atoms with E-state index in [-0.39, 0.29) is 0 Å². The number of nitrogens with zero attached hydrogens (tertiary/aromatic N) is 1. The number of piperidine rings is 1. The van der Waals surface area contributed by atoms with E-state index >= 15 is 0 Å². The average molecular weight is 228 g/mol. The molecule has 16 heavy (non-hydrogen) atoms. The zero-order valence-corrected chi connectivity index (χ0v) is 10.1. The highest BCUT2D eigenvalue weighted by Gasteiger charge is 2.13. The Kier molecular flexibility index (Phi) is 5.55. The quantitative estimate of drug-likeness (QED) is 0.688. The second kappa shape index (κ2) is 7.22. The third kappa shape index (κ3) is 4.37. The molecule has 0 unspecified atom stereocenters. The van der Waals surface area contributed by atoms with Crippen molar-refractivity contribution in [2.75, 3.05) is 59.2 Å². The molecule has 0 spiro atoms. The summed E-state index contributed by atoms with van der Waals surface area (Å²) in [6.45, 7) is 9.07. The predicted molar refractivity (Wildman–Crippen MR) is 63.7 cm³/mol. The van der Waals surface area contributed by atoms with Gasteiger partial charge in [-0.2, -0.15) is 0 Å². The molecule has 4 heteroatoms. The van der Waals surface area contributed by atoms with Gasteiger partial charge in [0.2, 0.25) is 0 Å². The van der Waals surface area contributed by atoms with Crippen molar-refractivity contribution >= 4 is 0 Å². The molecule has 0 bridgehead atoms. The summed E-state index contributed by atoms with van der Waals surface area (Å²) in [6, 6.07) is 0. The van der Waals surface area contributed by atoms with E-state index in [2.05, 4.69) is 10.2 Å². The molecule has 2 fully saturated rings. The van der Waals surface area contributed by atoms with E-state index in [0.717, 1.165) is 58.5 Å². The fraction of sp³-hybridized carbons (Fsp3) is 1.00. The highest BCUT2D eigenvalue weighted by molar-refractivity contribution is 4.68. The Morgan fingerprint density at radius 2 is 2.19 bits per heavy atom. The molecular formula is C12H24N2O2. The summed E-state index contributed by atoms with van der Waals surface area (Å²) < 4.78 is 11.1. The summed E-state index contributed by atoms with van der Waals surface area (Å²) in [5.74, 6) is 0.735. The van der Waals surface area contributed by atoms with Crippen LogP contribution in [0.2, 0.25) is 0 Å². The molecule has 0 aliphatic carbocycles. The van der Waals surface area contributed by atoms with Gasteiger partial charge >= 0.3 is 0 Å². The van der Waals surface area contributed by atoms with Crippen molar-refractivity contribution in [1.29, 1.82) is 0 Å². The maximum Gasteiger partial charge on any atom is 0.0594 e. The standard InChI is InChI=1S/C12H24N2O2/c1-2-12(10-13-3-1)11-16-9-6-14-4-7-15-8-5-14/h12-13H,1-11H2/t12-/m0/s1. The highest BCUT2D eigenvalue weighted by Crippen LogP contribution is 2.09. The molecule has 2 saturated heterocycles. The van der Waals surface area contributed by atoms with Gasteiger partial charge in [-0.3, -0.25) is 4.90 Å². The zero-order valence-electron chi connectivity index (χ0n) is 10.1. The first kappa shape index (κ1) is 12.3. The Bertz CT molecular complexity index is 158. The molecule has 94 valence electrons. The molecule has 4 nitrogen and oxygen atoms in total. The first-order chi connectivity index (χ1) is 7.95. The fourth-order valence-corrected chi connectivity index (χ4v) is 2.33. The zero-order chi connectivity index (χ0) is 11.1. The summed E-state index contributed by atoms with van der Waals surface area (Å²) in [6.07, 6.45) is 2.63. The number of hydrogen-bond donors (Lipinski definition) is 1. The van der Waals surface area contributed by atoms with Crippen molar-refractivity contribution in [3.63, 3.8) is 0 Å². The second-order valence-corrected chi connectivity index (χ2v) is 4.74. The Hall–Kier alpha value is -0.160. The van der Waals surface area contributed by atoms with Crippen LogP contribution in [0.4, 0.5) is 0 Å². The molecule has 0 aromatic rings. The maximum atomic E-state index is 5.75. The van der Waals surface area contributed by atoms with Crippen LogP contribution in [0.1, 0.15) is 12.8 Å². The Morgan fingerprint density at radius 1 is 1.31 bits per heavy atom. The topological polar surface area (TPSA) is 33.7 Å². The summed E-state index contributed by atoms with van der Waals surface area (Å²) in [4.78, 5) is 2.42. The van der Waals surface area contributed by atoms with Crippen LogP contribution in [0.25, 0.3) is 0 Å². The van der Waals surface area contributed by atoms with Crippen molar-refractivity contribution in [1.82, 2.24) is 10.2 Å². The summed E-state index contributed by atoms with van der Waals surface area (Å²) in [5.41, 5.74) is 0. The van der Waals surface area contributed by atoms with Crippen LogP contribution in [-0.2, 0) is 9.47 Å². The second-order valence-electron chi connectivity index (χ2n) is 4.74. The molecule has 0 radical (unpaired) electrons. The first-order valence-electron chi connectivity index (χ1n) is 6.54. The number of rotatable bonds is 5. The van der Waals surface area contributed by atoms with Crippen molar-refractivity contribution in [3.05, 3.63) is 0 Å². The molecule has 1 atom stereocenters. The van der Waals surface area contributed by atoms with Gasteiger partial charge < -0.3 is 14.8 Å². The van der Waals surface area contributed by atoms with Crippen LogP contribution in [-0.4, -0.2) is 64.1 Å². The van der Waals surface area contributed by atoms with Crippen LogP contribution in [0, 0.1) is 5.92 Å². The number of hydrogen-bond acceptors (Lipinski definition) is 4. The number of morpholine rings is 1. The minimum atomic E-state index is 0.735. The molecule has 2 heterocycles. The SMILES string of the molecule is C1CNC[C@@H](COCCN2CCOCC2)C1. The van der Waals surface area contributed by atoms with E-state index in [4.69, 9.17) is 9.47 Å². The third-order valence-electron chi connectivity index (χ3n) is 3.41. The number of nitrogens with one attached hydrogen (secondary N) is 1. The van der Waals surface area contributed by atoms with Gasteiger partial charge in [-0.25, -0.2) is 0 Å². The van der Waals surface area contributed by atoms with Gasteiger partial charge in [-0.05, 0) is 25.3 Å². The lowest BCUT2D eigenvalue weighted by atomic mass is 10.0. The maximum absolute atomic E-state index is 5.75. The molecule has 2 aliphatic rings. The molecule has 0 aromatic heterocycles. The van der Waals surface area contributed by atoms with Crippen LogP contribution >= 0.6 is 0 Å². The molecule has 1 N–H and O–H groups in total. The van der Waals surface area contributed by atoms with E-state index in [9.17, 15) is 0 Å². The van der Waals surface area contributed by atoms with E-state index in [0.29, 0.717) is 0 Å². The first-order valence-corrected chi connectivity index (χ1v) is 6.54. The van der Waals surface area contributed by atoms with E-state index in [1.54, 1.807) is 0 Å². The minimum absolute atomic E-state index is 0.735. The highest BCUT2D eigenvalue weighted by atomic mass is 16.5. The van der Waals surface area contributed by atoms with Gasteiger partial charge in [0, 0.05) is 26.2 Å². The summed E-state index contributed by atoms with van der Waals surface area (Å²) in [5, 5.41) is 3.42. The minimum Gasteiger partial charge on any atom is -0.380 e. The molecular weight excluding hydrogens is 204 g/mol. The van der Waals surface area contributed by atoms with Gasteiger partial charge in [0.1, 0.15) is 0 Å². The van der Waals surface area contributed by atoms with Crippen molar-refractivity contribution in [2.24, 2.45) is 5.92 Å². The Balaban J connectivity index is 1.47. The fourth-order valence-electron chi connectivity index (χ4n) is 2.33. The van der Waals surface area contributed by atoms with Gasteiger partial charge in [0.05, 0.1) is 26.4 Å². The molecule has 0 saturated carbocycles. The molecule has 0 amide bonds. The van der Waals surface area contributed by atoms with E-state index in [1.165, 1.54) is 19.4 Å². The van der Waals surface area contributed by atoms with Crippen LogP contribution in [0.5, 0.6) is 0 Å². The molecule has 2 aliphatic heterocycles. The third-order valence-corrected chi connectivity index (χ3v) is 3.41. The van der Waals surface area contributed by atoms with Crippen LogP contribution < -0.4 is 5.32 Å². The average Bonchev–Trinajstić information content (AvgIpc) is 2.37. The van der Waals surface area contributed by atoms with Crippen molar-refractivity contribution in [3.8, 4) is 0 Å². The summed E-state index contributed by atoms with van der Waals surface area (Å²) >= 11 is 0. The monoisotopic (exact) mass is 228 g/mol. The Morgan fingerprint density at radius 3 is 2.94 bits per heavy atom. The largest absolute Gasteiger partial charge is 0.380 e. The predicted octanol–water partition coefficient (Wildman–Crippen LogP) is 0.335. The van der Waals surface area contributed by atoms with Crippen LogP contribution in [0.3, 0.4) is 0 Å². The van der Waals surface area contributed by atoms with Gasteiger partial charge in [0.25, 0.3) is 0 Å². The van der Waals surface area contributed by atoms with Gasteiger partial charge in [-0.15, -0.1) is 0 Å². The van der Waals surface area contributed by atoms with Crippen LogP contribution in [0.15, 0.2) is 0 Å². The lowest BCUT2D eigenvalue weighted by molar-refractivity contribution is 0.0145. The molecule has 2 rings (SSSR count). The van der Waals surface area contributed by atoms with Crippen molar-refractivity contribution < 1.29 is 9.47 Å².